The number of likely N-dealkylation sites (N-methyl/N-ethyl adjacent to an activating group) is 1. The van der Waals surface area contributed by atoms with Crippen LogP contribution in [0.2, 0.25) is 0 Å². The first kappa shape index (κ1) is 43.2. The fourth-order valence-electron chi connectivity index (χ4n) is 6.94. The molecular formula is C44H75NO4. The van der Waals surface area contributed by atoms with Gasteiger partial charge in [0.05, 0.1) is 18.8 Å². The van der Waals surface area contributed by atoms with Gasteiger partial charge in [0, 0.05) is 25.7 Å². The summed E-state index contributed by atoms with van der Waals surface area (Å²) in [7, 11) is 3.79. The van der Waals surface area contributed by atoms with E-state index in [1.54, 1.807) is 0 Å². The van der Waals surface area contributed by atoms with Crippen LogP contribution in [-0.4, -0.2) is 55.6 Å². The highest BCUT2D eigenvalue weighted by molar-refractivity contribution is 5.71. The Labute approximate surface area is 302 Å². The normalized spacial score (nSPS) is 22.8. The molecule has 0 spiro atoms. The molecule has 0 amide bonds. The largest absolute Gasteiger partial charge is 0.461 e. The smallest absolute Gasteiger partial charge is 0.320 e. The topological polar surface area (TPSA) is 48.0 Å². The quantitative estimate of drug-likeness (QED) is 0.0429. The third-order valence-electron chi connectivity index (χ3n) is 9.68. The fraction of sp³-hybridized carbons (Fsp3) is 0.750. The molecule has 1 aliphatic carbocycles. The summed E-state index contributed by atoms with van der Waals surface area (Å²) in [5.74, 6) is -0.605. The van der Waals surface area contributed by atoms with Gasteiger partial charge in [-0.15, -0.1) is 0 Å². The van der Waals surface area contributed by atoms with Crippen molar-refractivity contribution in [2.45, 2.75) is 192 Å². The molecule has 2 fully saturated rings. The van der Waals surface area contributed by atoms with E-state index in [2.05, 4.69) is 74.6 Å². The molecule has 49 heavy (non-hydrogen) atoms. The van der Waals surface area contributed by atoms with E-state index in [-0.39, 0.29) is 24.3 Å². The van der Waals surface area contributed by atoms with Crippen LogP contribution in [0.1, 0.15) is 168 Å². The Morgan fingerprint density at radius 1 is 0.633 bits per heavy atom. The van der Waals surface area contributed by atoms with Crippen LogP contribution in [0.25, 0.3) is 0 Å². The molecule has 2 rings (SSSR count). The minimum absolute atomic E-state index is 0.0498. The second kappa shape index (κ2) is 28.7. The van der Waals surface area contributed by atoms with Gasteiger partial charge in [-0.25, -0.2) is 0 Å². The second-order valence-electron chi connectivity index (χ2n) is 14.7. The maximum Gasteiger partial charge on any atom is 0.320 e. The molecule has 1 saturated carbocycles. The van der Waals surface area contributed by atoms with Gasteiger partial charge in [-0.2, -0.15) is 0 Å². The summed E-state index contributed by atoms with van der Waals surface area (Å²) in [6.07, 6.45) is 50.8. The number of ether oxygens (including phenoxy) is 3. The fourth-order valence-corrected chi connectivity index (χ4v) is 6.94. The molecule has 0 aromatic rings. The van der Waals surface area contributed by atoms with E-state index in [1.807, 2.05) is 19.0 Å². The number of rotatable bonds is 30. The first-order chi connectivity index (χ1) is 24.0. The zero-order chi connectivity index (χ0) is 35.3. The molecule has 1 aliphatic heterocycles. The van der Waals surface area contributed by atoms with Crippen molar-refractivity contribution >= 4 is 5.97 Å². The molecule has 4 atom stereocenters. The summed E-state index contributed by atoms with van der Waals surface area (Å²) in [5.41, 5.74) is 0. The number of allylic oxidation sites excluding steroid dienone is 10. The number of unbranched alkanes of at least 4 members (excludes halogenated alkanes) is 14. The summed E-state index contributed by atoms with van der Waals surface area (Å²) in [4.78, 5) is 14.1. The Kier molecular flexibility index (Phi) is 25.3. The van der Waals surface area contributed by atoms with Gasteiger partial charge in [0.15, 0.2) is 5.79 Å². The standard InChI is InChI=1S/C44H75NO4/c1-5-7-9-11-13-15-17-19-21-23-25-27-29-31-33-35-44(48-41-37-40(38-42(41)49-44)47-43(46)39-45(3)4)36-34-32-30-28-26-24-22-20-18-16-14-12-10-8-6-2/h5,7,11-14,17-20,40-42H,6,8-10,15-16,21-39H2,1-4H3/b7-5-,13-11-,14-12-,19-17-,20-18-/t40-,41-,42+,44?. The maximum atomic E-state index is 12.2. The van der Waals surface area contributed by atoms with E-state index in [4.69, 9.17) is 14.2 Å². The van der Waals surface area contributed by atoms with Crippen molar-refractivity contribution in [1.82, 2.24) is 4.90 Å². The minimum Gasteiger partial charge on any atom is -0.461 e. The maximum absolute atomic E-state index is 12.2. The second-order valence-corrected chi connectivity index (χ2v) is 14.7. The third kappa shape index (κ3) is 21.8. The number of carbonyl (C=O) groups is 1. The van der Waals surface area contributed by atoms with Crippen LogP contribution in [0, 0.1) is 0 Å². The van der Waals surface area contributed by atoms with Gasteiger partial charge in [-0.05, 0) is 85.2 Å². The van der Waals surface area contributed by atoms with Crippen LogP contribution in [0.5, 0.6) is 0 Å². The van der Waals surface area contributed by atoms with Gasteiger partial charge in [0.1, 0.15) is 6.10 Å². The van der Waals surface area contributed by atoms with Crippen molar-refractivity contribution in [2.24, 2.45) is 0 Å². The predicted octanol–water partition coefficient (Wildman–Crippen LogP) is 12.1. The summed E-state index contributed by atoms with van der Waals surface area (Å²) < 4.78 is 19.3. The molecule has 1 saturated heterocycles. The lowest BCUT2D eigenvalue weighted by atomic mass is 9.98. The lowest BCUT2D eigenvalue weighted by molar-refractivity contribution is -0.197. The van der Waals surface area contributed by atoms with E-state index < -0.39 is 5.79 Å². The van der Waals surface area contributed by atoms with Gasteiger partial charge in [-0.1, -0.05) is 132 Å². The molecule has 280 valence electrons. The van der Waals surface area contributed by atoms with Crippen molar-refractivity contribution in [3.8, 4) is 0 Å². The summed E-state index contributed by atoms with van der Waals surface area (Å²) in [6, 6.07) is 0. The third-order valence-corrected chi connectivity index (χ3v) is 9.68. The Morgan fingerprint density at radius 3 is 1.53 bits per heavy atom. The van der Waals surface area contributed by atoms with Crippen molar-refractivity contribution in [3.05, 3.63) is 60.8 Å². The lowest BCUT2D eigenvalue weighted by Gasteiger charge is -2.30. The number of hydrogen-bond donors (Lipinski definition) is 0. The zero-order valence-corrected chi connectivity index (χ0v) is 32.3. The van der Waals surface area contributed by atoms with E-state index in [0.717, 1.165) is 57.8 Å². The molecule has 5 nitrogen and oxygen atoms in total. The molecule has 0 bridgehead atoms. The van der Waals surface area contributed by atoms with Gasteiger partial charge in [0.25, 0.3) is 0 Å². The van der Waals surface area contributed by atoms with Crippen LogP contribution in [0.15, 0.2) is 60.8 Å². The zero-order valence-electron chi connectivity index (χ0n) is 32.3. The number of hydrogen-bond acceptors (Lipinski definition) is 5. The lowest BCUT2D eigenvalue weighted by Crippen LogP contribution is -2.33. The van der Waals surface area contributed by atoms with Crippen LogP contribution in [-0.2, 0) is 19.0 Å². The highest BCUT2D eigenvalue weighted by Crippen LogP contribution is 2.44. The number of fused-ring (bicyclic) bond motifs is 1. The van der Waals surface area contributed by atoms with Gasteiger partial charge >= 0.3 is 5.97 Å². The van der Waals surface area contributed by atoms with E-state index >= 15 is 0 Å². The highest BCUT2D eigenvalue weighted by atomic mass is 16.8. The van der Waals surface area contributed by atoms with Crippen molar-refractivity contribution in [3.63, 3.8) is 0 Å². The Morgan fingerprint density at radius 2 is 1.06 bits per heavy atom. The predicted molar refractivity (Wildman–Crippen MR) is 209 cm³/mol. The average molecular weight is 682 g/mol. The summed E-state index contributed by atoms with van der Waals surface area (Å²) in [5, 5.41) is 0. The van der Waals surface area contributed by atoms with Crippen LogP contribution in [0.4, 0.5) is 0 Å². The van der Waals surface area contributed by atoms with Crippen molar-refractivity contribution in [1.29, 1.82) is 0 Å². The van der Waals surface area contributed by atoms with E-state index in [0.29, 0.717) is 6.54 Å². The van der Waals surface area contributed by atoms with Gasteiger partial charge in [-0.3, -0.25) is 9.69 Å². The van der Waals surface area contributed by atoms with E-state index in [9.17, 15) is 4.79 Å². The molecule has 2 aliphatic rings. The van der Waals surface area contributed by atoms with Crippen molar-refractivity contribution in [2.75, 3.05) is 20.6 Å². The summed E-state index contributed by atoms with van der Waals surface area (Å²) >= 11 is 0. The molecule has 5 heteroatoms. The summed E-state index contributed by atoms with van der Waals surface area (Å²) in [6.45, 7) is 4.63. The van der Waals surface area contributed by atoms with E-state index in [1.165, 1.54) is 96.3 Å². The minimum atomic E-state index is -0.449. The first-order valence-electron chi connectivity index (χ1n) is 20.4. The van der Waals surface area contributed by atoms with Crippen LogP contribution >= 0.6 is 0 Å². The Hall–Kier alpha value is -1.95. The van der Waals surface area contributed by atoms with Crippen LogP contribution < -0.4 is 0 Å². The van der Waals surface area contributed by atoms with Gasteiger partial charge in [0.2, 0.25) is 0 Å². The monoisotopic (exact) mass is 682 g/mol. The number of nitrogens with zero attached hydrogens (tertiary/aromatic N) is 1. The van der Waals surface area contributed by atoms with Gasteiger partial charge < -0.3 is 14.2 Å². The first-order valence-corrected chi connectivity index (χ1v) is 20.4. The number of carbonyl (C=O) groups excluding carboxylic acids is 1. The SMILES string of the molecule is C/C=C\C/C=C\C/C=C\CCCCCCCCC1(CCCCCCCC/C=C\C/C=C\CCCC)O[C@H]2C[C@H](OC(=O)CN(C)C)C[C@H]2O1. The molecule has 1 heterocycles. The molecule has 0 aromatic carbocycles. The van der Waals surface area contributed by atoms with Crippen molar-refractivity contribution < 1.29 is 19.0 Å². The Bertz CT molecular complexity index is 950. The molecule has 1 unspecified atom stereocenters. The molecule has 0 N–H and O–H groups in total. The molecule has 0 aromatic heterocycles. The average Bonchev–Trinajstić information content (AvgIpc) is 3.59. The van der Waals surface area contributed by atoms with Crippen LogP contribution in [0.3, 0.4) is 0 Å². The molecule has 0 radical (unpaired) electrons. The number of esters is 1. The molecular weight excluding hydrogens is 606 g/mol. The Balaban J connectivity index is 1.65. The highest BCUT2D eigenvalue weighted by Gasteiger charge is 2.52.